The van der Waals surface area contributed by atoms with E-state index in [9.17, 15) is 9.90 Å². The number of ether oxygens (including phenoxy) is 3. The van der Waals surface area contributed by atoms with Gasteiger partial charge in [0.2, 0.25) is 0 Å². The topological polar surface area (TPSA) is 65.0 Å². The van der Waals surface area contributed by atoms with Crippen molar-refractivity contribution in [3.8, 4) is 0 Å². The van der Waals surface area contributed by atoms with Crippen molar-refractivity contribution in [2.75, 3.05) is 13.2 Å². The maximum Gasteiger partial charge on any atom is 0.302 e. The van der Waals surface area contributed by atoms with Gasteiger partial charge >= 0.3 is 5.97 Å². The summed E-state index contributed by atoms with van der Waals surface area (Å²) in [5, 5.41) is 10.3. The van der Waals surface area contributed by atoms with E-state index in [4.69, 9.17) is 14.2 Å². The van der Waals surface area contributed by atoms with E-state index in [1.165, 1.54) is 5.57 Å². The fourth-order valence-electron chi connectivity index (χ4n) is 8.53. The van der Waals surface area contributed by atoms with Crippen LogP contribution >= 0.6 is 0 Å². The average molecular weight is 419 g/mol. The van der Waals surface area contributed by atoms with Gasteiger partial charge in [0.1, 0.15) is 6.10 Å². The summed E-state index contributed by atoms with van der Waals surface area (Å²) in [5.74, 6) is 1.07. The first-order valence-corrected chi connectivity index (χ1v) is 12.0. The molecule has 0 aromatic rings. The van der Waals surface area contributed by atoms with Crippen LogP contribution in [0, 0.1) is 34.5 Å². The molecule has 5 aliphatic rings. The third-order valence-electron chi connectivity index (χ3n) is 9.95. The summed E-state index contributed by atoms with van der Waals surface area (Å²) in [6, 6.07) is 0. The van der Waals surface area contributed by atoms with Gasteiger partial charge in [-0.15, -0.1) is 0 Å². The second-order valence-electron chi connectivity index (χ2n) is 11.2. The van der Waals surface area contributed by atoms with E-state index in [-0.39, 0.29) is 34.9 Å². The Morgan fingerprint density at radius 2 is 1.87 bits per heavy atom. The van der Waals surface area contributed by atoms with Crippen molar-refractivity contribution in [1.82, 2.24) is 0 Å². The van der Waals surface area contributed by atoms with Crippen molar-refractivity contribution in [2.24, 2.45) is 34.5 Å². The maximum absolute atomic E-state index is 12.2. The molecule has 30 heavy (non-hydrogen) atoms. The molecular formula is C25H38O5. The molecule has 168 valence electrons. The molecule has 1 heterocycles. The monoisotopic (exact) mass is 418 g/mol. The van der Waals surface area contributed by atoms with E-state index in [0.29, 0.717) is 31.0 Å². The summed E-state index contributed by atoms with van der Waals surface area (Å²) < 4.78 is 18.4. The maximum atomic E-state index is 12.2. The van der Waals surface area contributed by atoms with Gasteiger partial charge in [0.05, 0.1) is 19.3 Å². The Morgan fingerprint density at radius 1 is 1.13 bits per heavy atom. The normalized spacial score (nSPS) is 49.6. The molecule has 3 unspecified atom stereocenters. The van der Waals surface area contributed by atoms with E-state index in [1.807, 2.05) is 0 Å². The summed E-state index contributed by atoms with van der Waals surface area (Å²) in [5.41, 5.74) is 1.42. The van der Waals surface area contributed by atoms with Gasteiger partial charge in [0, 0.05) is 18.3 Å². The van der Waals surface area contributed by atoms with E-state index >= 15 is 0 Å². The lowest BCUT2D eigenvalue weighted by atomic mass is 9.46. The smallest absolute Gasteiger partial charge is 0.302 e. The Balaban J connectivity index is 1.54. The summed E-state index contributed by atoms with van der Waals surface area (Å²) in [4.78, 5) is 12.2. The van der Waals surface area contributed by atoms with Crippen LogP contribution in [0.2, 0.25) is 0 Å². The minimum Gasteiger partial charge on any atom is -0.462 e. The molecule has 0 radical (unpaired) electrons. The van der Waals surface area contributed by atoms with Crippen molar-refractivity contribution >= 4 is 5.97 Å². The zero-order chi connectivity index (χ0) is 21.3. The van der Waals surface area contributed by atoms with Crippen molar-refractivity contribution in [1.29, 1.82) is 0 Å². The first-order chi connectivity index (χ1) is 14.2. The number of carbonyl (C=O) groups excluding carboxylic acids is 1. The van der Waals surface area contributed by atoms with Crippen molar-refractivity contribution in [3.63, 3.8) is 0 Å². The van der Waals surface area contributed by atoms with Crippen LogP contribution in [0.3, 0.4) is 0 Å². The molecule has 0 aromatic heterocycles. The summed E-state index contributed by atoms with van der Waals surface area (Å²) in [6.45, 7) is 9.68. The van der Waals surface area contributed by atoms with Crippen LogP contribution < -0.4 is 0 Å². The standard InChI is InChI=1S/C25H38O5/c1-15(26)30-22-14-20-18(6-5-16-13-17(27)9-10-23(16,20)2)19-7-8-21(24(19,22)3)25(4)28-11-12-29-25/h5,17-22,27H,6-14H2,1-4H3/t17-,18?,19?,20?,21-,22-,23-,24-/m0/s1. The molecule has 1 aliphatic heterocycles. The summed E-state index contributed by atoms with van der Waals surface area (Å²) >= 11 is 0. The molecule has 1 saturated heterocycles. The minimum atomic E-state index is -0.580. The molecule has 0 spiro atoms. The minimum absolute atomic E-state index is 0.110. The fourth-order valence-corrected chi connectivity index (χ4v) is 8.53. The number of aliphatic hydroxyl groups is 1. The third-order valence-corrected chi connectivity index (χ3v) is 9.95. The first kappa shape index (κ1) is 21.0. The van der Waals surface area contributed by atoms with Gasteiger partial charge < -0.3 is 19.3 Å². The zero-order valence-electron chi connectivity index (χ0n) is 19.0. The van der Waals surface area contributed by atoms with E-state index in [0.717, 1.165) is 44.9 Å². The number of allylic oxidation sites excluding steroid dienone is 1. The number of esters is 1. The van der Waals surface area contributed by atoms with E-state index < -0.39 is 5.79 Å². The van der Waals surface area contributed by atoms with Crippen LogP contribution in [-0.4, -0.2) is 42.3 Å². The molecule has 5 heteroatoms. The molecule has 0 bridgehead atoms. The predicted octanol–water partition coefficient (Wildman–Crippen LogP) is 4.23. The summed E-state index contributed by atoms with van der Waals surface area (Å²) in [7, 11) is 0. The first-order valence-electron chi connectivity index (χ1n) is 12.0. The van der Waals surface area contributed by atoms with Gasteiger partial charge in [-0.1, -0.05) is 25.5 Å². The van der Waals surface area contributed by atoms with Crippen LogP contribution in [0.4, 0.5) is 0 Å². The highest BCUT2D eigenvalue weighted by Gasteiger charge is 2.67. The third kappa shape index (κ3) is 2.87. The van der Waals surface area contributed by atoms with Gasteiger partial charge in [-0.25, -0.2) is 0 Å². The quantitative estimate of drug-likeness (QED) is 0.537. The Kier molecular flexibility index (Phi) is 4.92. The molecule has 5 nitrogen and oxygen atoms in total. The van der Waals surface area contributed by atoms with Crippen LogP contribution in [0.1, 0.15) is 72.6 Å². The van der Waals surface area contributed by atoms with Gasteiger partial charge in [-0.2, -0.15) is 0 Å². The van der Waals surface area contributed by atoms with E-state index in [1.54, 1.807) is 6.92 Å². The second-order valence-corrected chi connectivity index (χ2v) is 11.2. The highest BCUT2D eigenvalue weighted by Crippen LogP contribution is 2.68. The second kappa shape index (κ2) is 7.05. The molecule has 0 amide bonds. The van der Waals surface area contributed by atoms with Crippen LogP contribution in [-0.2, 0) is 19.0 Å². The van der Waals surface area contributed by atoms with Crippen molar-refractivity contribution < 1.29 is 24.1 Å². The Morgan fingerprint density at radius 3 is 2.57 bits per heavy atom. The number of carbonyl (C=O) groups is 1. The molecule has 3 saturated carbocycles. The lowest BCUT2D eigenvalue weighted by molar-refractivity contribution is -0.240. The van der Waals surface area contributed by atoms with E-state index in [2.05, 4.69) is 26.8 Å². The molecular weight excluding hydrogens is 380 g/mol. The van der Waals surface area contributed by atoms with Crippen molar-refractivity contribution in [3.05, 3.63) is 11.6 Å². The number of hydrogen-bond donors (Lipinski definition) is 1. The SMILES string of the molecule is CC(=O)O[C@H]1CC2C(CC=C3C[C@@H](O)CC[C@@]32C)C2CC[C@H](C3(C)OCCO3)[C@]21C. The zero-order valence-corrected chi connectivity index (χ0v) is 19.0. The van der Waals surface area contributed by atoms with Crippen LogP contribution in [0.5, 0.6) is 0 Å². The molecule has 4 aliphatic carbocycles. The van der Waals surface area contributed by atoms with Crippen molar-refractivity contribution in [2.45, 2.75) is 90.6 Å². The van der Waals surface area contributed by atoms with Crippen LogP contribution in [0.15, 0.2) is 11.6 Å². The number of fused-ring (bicyclic) bond motifs is 5. The largest absolute Gasteiger partial charge is 0.462 e. The average Bonchev–Trinajstić information content (AvgIpc) is 3.27. The predicted molar refractivity (Wildman–Crippen MR) is 112 cm³/mol. The lowest BCUT2D eigenvalue weighted by Gasteiger charge is -2.60. The molecule has 4 fully saturated rings. The van der Waals surface area contributed by atoms with Gasteiger partial charge in [0.15, 0.2) is 5.79 Å². The highest BCUT2D eigenvalue weighted by molar-refractivity contribution is 5.66. The number of aliphatic hydroxyl groups excluding tert-OH is 1. The number of rotatable bonds is 2. The Bertz CT molecular complexity index is 740. The molecule has 5 rings (SSSR count). The fraction of sp³-hybridized carbons (Fsp3) is 0.880. The Hall–Kier alpha value is -0.910. The van der Waals surface area contributed by atoms with Gasteiger partial charge in [0.25, 0.3) is 0 Å². The van der Waals surface area contributed by atoms with Crippen LogP contribution in [0.25, 0.3) is 0 Å². The molecule has 8 atom stereocenters. The highest BCUT2D eigenvalue weighted by atomic mass is 16.7. The molecule has 0 aromatic carbocycles. The molecule has 1 N–H and O–H groups in total. The van der Waals surface area contributed by atoms with Gasteiger partial charge in [-0.05, 0) is 75.0 Å². The lowest BCUT2D eigenvalue weighted by Crippen LogP contribution is -2.59. The summed E-state index contributed by atoms with van der Waals surface area (Å²) in [6.07, 6.45) is 9.05. The van der Waals surface area contributed by atoms with Gasteiger partial charge in [-0.3, -0.25) is 4.79 Å². The Labute approximate surface area is 180 Å². The number of hydrogen-bond acceptors (Lipinski definition) is 5.